The third kappa shape index (κ3) is 2.88. The first-order valence-corrected chi connectivity index (χ1v) is 8.91. The molecule has 0 saturated heterocycles. The number of nitrogens with zero attached hydrogens (tertiary/aromatic N) is 1. The molecule has 0 atom stereocenters. The van der Waals surface area contributed by atoms with Crippen LogP contribution in [0.15, 0.2) is 53.3 Å². The van der Waals surface area contributed by atoms with E-state index in [2.05, 4.69) is 4.98 Å². The number of H-pyrrole nitrogens is 1. The number of hydrogen-bond acceptors (Lipinski definition) is 4. The average Bonchev–Trinajstić information content (AvgIpc) is 2.66. The molecule has 1 heterocycles. The molecule has 1 N–H and O–H groups in total. The second kappa shape index (κ2) is 6.65. The Bertz CT molecular complexity index is 1330. The number of aromatic amines is 1. The van der Waals surface area contributed by atoms with Crippen molar-refractivity contribution >= 4 is 39.1 Å². The Morgan fingerprint density at radius 2 is 1.86 bits per heavy atom. The SMILES string of the molecule is Cc1cccc(Oc2ccc([N+](=O)[O-])c3[nH]c4ccc(Cl)cc4c(=O)c23)c1C. The van der Waals surface area contributed by atoms with Gasteiger partial charge in [-0.3, -0.25) is 14.9 Å². The van der Waals surface area contributed by atoms with Crippen LogP contribution in [0.1, 0.15) is 11.1 Å². The van der Waals surface area contributed by atoms with Crippen molar-refractivity contribution < 1.29 is 9.66 Å². The Kier molecular flexibility index (Phi) is 4.28. The highest BCUT2D eigenvalue weighted by Gasteiger charge is 2.21. The minimum atomic E-state index is -0.526. The van der Waals surface area contributed by atoms with E-state index in [1.54, 1.807) is 18.2 Å². The molecule has 0 saturated carbocycles. The number of nitro benzene ring substituents is 1. The van der Waals surface area contributed by atoms with Gasteiger partial charge in [-0.15, -0.1) is 0 Å². The van der Waals surface area contributed by atoms with E-state index in [0.717, 1.165) is 11.1 Å². The first kappa shape index (κ1) is 18.0. The summed E-state index contributed by atoms with van der Waals surface area (Å²) in [6.45, 7) is 3.87. The largest absolute Gasteiger partial charge is 0.456 e. The van der Waals surface area contributed by atoms with Gasteiger partial charge >= 0.3 is 0 Å². The second-order valence-electron chi connectivity index (χ2n) is 6.53. The Morgan fingerprint density at radius 1 is 1.07 bits per heavy atom. The number of ether oxygens (including phenoxy) is 1. The van der Waals surface area contributed by atoms with E-state index in [-0.39, 0.29) is 27.8 Å². The van der Waals surface area contributed by atoms with Gasteiger partial charge in [0.05, 0.1) is 15.8 Å². The van der Waals surface area contributed by atoms with E-state index in [1.165, 1.54) is 18.2 Å². The maximum absolute atomic E-state index is 13.2. The molecule has 140 valence electrons. The Hall–Kier alpha value is -3.38. The topological polar surface area (TPSA) is 85.2 Å². The summed E-state index contributed by atoms with van der Waals surface area (Å²) in [5.74, 6) is 0.832. The number of halogens is 1. The van der Waals surface area contributed by atoms with Crippen molar-refractivity contribution in [2.75, 3.05) is 0 Å². The molecule has 6 nitrogen and oxygen atoms in total. The van der Waals surface area contributed by atoms with E-state index in [4.69, 9.17) is 16.3 Å². The van der Waals surface area contributed by atoms with Crippen LogP contribution in [0.25, 0.3) is 21.8 Å². The summed E-state index contributed by atoms with van der Waals surface area (Å²) in [4.78, 5) is 27.2. The minimum absolute atomic E-state index is 0.116. The Morgan fingerprint density at radius 3 is 2.61 bits per heavy atom. The summed E-state index contributed by atoms with van der Waals surface area (Å²) in [7, 11) is 0. The quantitative estimate of drug-likeness (QED) is 0.276. The van der Waals surface area contributed by atoms with Crippen LogP contribution in [0.5, 0.6) is 11.5 Å². The monoisotopic (exact) mass is 394 g/mol. The van der Waals surface area contributed by atoms with Crippen molar-refractivity contribution in [1.82, 2.24) is 4.98 Å². The van der Waals surface area contributed by atoms with Gasteiger partial charge in [-0.1, -0.05) is 23.7 Å². The van der Waals surface area contributed by atoms with Gasteiger partial charge in [-0.25, -0.2) is 0 Å². The normalized spacial score (nSPS) is 11.1. The highest BCUT2D eigenvalue weighted by Crippen LogP contribution is 2.35. The van der Waals surface area contributed by atoms with E-state index >= 15 is 0 Å². The van der Waals surface area contributed by atoms with Crippen molar-refractivity contribution in [2.45, 2.75) is 13.8 Å². The van der Waals surface area contributed by atoms with Crippen LogP contribution < -0.4 is 10.2 Å². The van der Waals surface area contributed by atoms with Crippen molar-refractivity contribution in [3.05, 3.63) is 85.0 Å². The molecule has 4 aromatic rings. The van der Waals surface area contributed by atoms with Gasteiger partial charge in [-0.2, -0.15) is 0 Å². The smallest absolute Gasteiger partial charge is 0.293 e. The minimum Gasteiger partial charge on any atom is -0.456 e. The summed E-state index contributed by atoms with van der Waals surface area (Å²) in [6, 6.07) is 13.2. The molecule has 0 aliphatic heterocycles. The molecule has 0 aliphatic rings. The van der Waals surface area contributed by atoms with Crippen molar-refractivity contribution in [2.24, 2.45) is 0 Å². The predicted molar refractivity (Wildman–Crippen MR) is 110 cm³/mol. The van der Waals surface area contributed by atoms with Crippen LogP contribution in [0, 0.1) is 24.0 Å². The molecule has 0 fully saturated rings. The number of nitro groups is 1. The molecule has 0 unspecified atom stereocenters. The number of aryl methyl sites for hydroxylation is 1. The van der Waals surface area contributed by atoms with Gasteiger partial charge in [-0.05, 0) is 55.3 Å². The first-order valence-electron chi connectivity index (χ1n) is 8.53. The fourth-order valence-electron chi connectivity index (χ4n) is 3.20. The standard InChI is InChI=1S/C21H15ClN2O4/c1-11-4-3-5-17(12(11)2)28-18-9-8-16(24(26)27)20-19(18)21(25)14-10-13(22)6-7-15(14)23-20/h3-10H,1-2H3,(H,23,25). The van der Waals surface area contributed by atoms with Crippen LogP contribution in [0.4, 0.5) is 5.69 Å². The summed E-state index contributed by atoms with van der Waals surface area (Å²) in [5.41, 5.74) is 1.97. The molecule has 3 aromatic carbocycles. The van der Waals surface area contributed by atoms with E-state index in [1.807, 2.05) is 26.0 Å². The van der Waals surface area contributed by atoms with Crippen LogP contribution >= 0.6 is 11.6 Å². The molecule has 0 aliphatic carbocycles. The molecule has 4 rings (SSSR count). The average molecular weight is 395 g/mol. The fourth-order valence-corrected chi connectivity index (χ4v) is 3.37. The third-order valence-corrected chi connectivity index (χ3v) is 5.06. The molecule has 0 radical (unpaired) electrons. The summed E-state index contributed by atoms with van der Waals surface area (Å²) in [6.07, 6.45) is 0. The third-order valence-electron chi connectivity index (χ3n) is 4.83. The maximum Gasteiger partial charge on any atom is 0.293 e. The van der Waals surface area contributed by atoms with Crippen LogP contribution in [-0.4, -0.2) is 9.91 Å². The zero-order chi connectivity index (χ0) is 20.0. The highest BCUT2D eigenvalue weighted by atomic mass is 35.5. The van der Waals surface area contributed by atoms with Gasteiger partial charge in [0.25, 0.3) is 5.69 Å². The number of nitrogens with one attached hydrogen (secondary N) is 1. The zero-order valence-corrected chi connectivity index (χ0v) is 15.8. The molecular formula is C21H15ClN2O4. The van der Waals surface area contributed by atoms with Gasteiger partial charge in [0.15, 0.2) is 0 Å². The van der Waals surface area contributed by atoms with E-state index in [0.29, 0.717) is 21.7 Å². The summed E-state index contributed by atoms with van der Waals surface area (Å²) < 4.78 is 6.02. The molecule has 0 amide bonds. The molecule has 7 heteroatoms. The van der Waals surface area contributed by atoms with Gasteiger partial charge in [0.2, 0.25) is 5.43 Å². The highest BCUT2D eigenvalue weighted by molar-refractivity contribution is 6.31. The number of benzene rings is 3. The predicted octanol–water partition coefficient (Wildman–Crippen LogP) is 5.65. The van der Waals surface area contributed by atoms with Crippen molar-refractivity contribution in [3.8, 4) is 11.5 Å². The van der Waals surface area contributed by atoms with Crippen LogP contribution in [0.2, 0.25) is 5.02 Å². The van der Waals surface area contributed by atoms with Crippen molar-refractivity contribution in [3.63, 3.8) is 0 Å². The second-order valence-corrected chi connectivity index (χ2v) is 6.97. The molecule has 1 aromatic heterocycles. The van der Waals surface area contributed by atoms with E-state index < -0.39 is 4.92 Å². The fraction of sp³-hybridized carbons (Fsp3) is 0.0952. The maximum atomic E-state index is 13.2. The number of rotatable bonds is 3. The summed E-state index contributed by atoms with van der Waals surface area (Å²) >= 11 is 6.04. The molecule has 0 spiro atoms. The Balaban J connectivity index is 2.07. The lowest BCUT2D eigenvalue weighted by molar-refractivity contribution is -0.383. The molecule has 0 bridgehead atoms. The zero-order valence-electron chi connectivity index (χ0n) is 15.1. The lowest BCUT2D eigenvalue weighted by atomic mass is 10.1. The molecule has 28 heavy (non-hydrogen) atoms. The van der Waals surface area contributed by atoms with Gasteiger partial charge in [0, 0.05) is 16.5 Å². The van der Waals surface area contributed by atoms with Gasteiger partial charge in [0.1, 0.15) is 17.0 Å². The number of non-ortho nitro benzene ring substituents is 1. The summed E-state index contributed by atoms with van der Waals surface area (Å²) in [5, 5.41) is 12.4. The number of fused-ring (bicyclic) bond motifs is 2. The lowest BCUT2D eigenvalue weighted by Gasteiger charge is -2.13. The van der Waals surface area contributed by atoms with Crippen molar-refractivity contribution in [1.29, 1.82) is 0 Å². The lowest BCUT2D eigenvalue weighted by Crippen LogP contribution is -2.07. The Labute approximate surface area is 164 Å². The molecular weight excluding hydrogens is 380 g/mol. The number of pyridine rings is 1. The number of hydrogen-bond donors (Lipinski definition) is 1. The van der Waals surface area contributed by atoms with Crippen LogP contribution in [-0.2, 0) is 0 Å². The van der Waals surface area contributed by atoms with Gasteiger partial charge < -0.3 is 9.72 Å². The van der Waals surface area contributed by atoms with E-state index in [9.17, 15) is 14.9 Å². The number of aromatic nitrogens is 1. The van der Waals surface area contributed by atoms with Crippen LogP contribution in [0.3, 0.4) is 0 Å². The first-order chi connectivity index (χ1) is 13.4.